The molecule has 1 aliphatic rings. The van der Waals surface area contributed by atoms with Crippen molar-refractivity contribution in [1.29, 1.82) is 0 Å². The molecule has 0 saturated carbocycles. The van der Waals surface area contributed by atoms with E-state index in [1.54, 1.807) is 11.0 Å². The Balaban J connectivity index is 2.20. The molecule has 1 amide bonds. The van der Waals surface area contributed by atoms with Crippen molar-refractivity contribution in [3.05, 3.63) is 38.9 Å². The summed E-state index contributed by atoms with van der Waals surface area (Å²) in [5.74, 6) is 0.373. The maximum absolute atomic E-state index is 12.4. The number of hydrogen-bond acceptors (Lipinski definition) is 3. The quantitative estimate of drug-likeness (QED) is 0.633. The molecule has 1 atom stereocenters. The minimum atomic E-state index is -0.565. The molecule has 20 heavy (non-hydrogen) atoms. The van der Waals surface area contributed by atoms with E-state index in [1.807, 2.05) is 0 Å². The third-order valence-electron chi connectivity index (χ3n) is 3.77. The molecule has 108 valence electrons. The smallest absolute Gasteiger partial charge is 0.288 e. The van der Waals surface area contributed by atoms with Crippen LogP contribution in [-0.2, 0) is 0 Å². The highest BCUT2D eigenvalue weighted by molar-refractivity contribution is 6.32. The highest BCUT2D eigenvalue weighted by Crippen LogP contribution is 2.27. The van der Waals surface area contributed by atoms with Crippen molar-refractivity contribution in [2.75, 3.05) is 13.1 Å². The Morgan fingerprint density at radius 2 is 2.30 bits per heavy atom. The number of carbonyl (C=O) groups is 1. The Bertz CT molecular complexity index is 533. The lowest BCUT2D eigenvalue weighted by molar-refractivity contribution is -0.384. The molecule has 5 nitrogen and oxygen atoms in total. The first-order chi connectivity index (χ1) is 9.52. The number of amides is 1. The molecule has 1 aliphatic heterocycles. The molecule has 1 aromatic carbocycles. The molecule has 1 saturated heterocycles. The molecule has 0 radical (unpaired) electrons. The summed E-state index contributed by atoms with van der Waals surface area (Å²) >= 11 is 5.76. The van der Waals surface area contributed by atoms with E-state index in [-0.39, 0.29) is 16.6 Å². The summed E-state index contributed by atoms with van der Waals surface area (Å²) in [4.78, 5) is 24.5. The molecule has 2 rings (SSSR count). The minimum Gasteiger partial charge on any atom is -0.338 e. The third kappa shape index (κ3) is 3.10. The second kappa shape index (κ2) is 6.22. The summed E-state index contributed by atoms with van der Waals surface area (Å²) in [6.45, 7) is 3.56. The average Bonchev–Trinajstić information content (AvgIpc) is 2.46. The summed E-state index contributed by atoms with van der Waals surface area (Å²) < 4.78 is 0. The van der Waals surface area contributed by atoms with Gasteiger partial charge >= 0.3 is 0 Å². The number of carbonyl (C=O) groups excluding carboxylic acids is 1. The Morgan fingerprint density at radius 3 is 2.95 bits per heavy atom. The van der Waals surface area contributed by atoms with Gasteiger partial charge in [-0.2, -0.15) is 0 Å². The van der Waals surface area contributed by atoms with Crippen LogP contribution in [0.4, 0.5) is 5.69 Å². The fraction of sp³-hybridized carbons (Fsp3) is 0.500. The van der Waals surface area contributed by atoms with Crippen LogP contribution >= 0.6 is 11.6 Å². The van der Waals surface area contributed by atoms with Crippen LogP contribution in [-0.4, -0.2) is 28.8 Å². The summed E-state index contributed by atoms with van der Waals surface area (Å²) in [6.07, 6.45) is 3.17. The average molecular weight is 297 g/mol. The summed E-state index contributed by atoms with van der Waals surface area (Å²) in [7, 11) is 0. The van der Waals surface area contributed by atoms with Gasteiger partial charge < -0.3 is 4.90 Å². The molecule has 0 spiro atoms. The number of piperidine rings is 1. The lowest BCUT2D eigenvalue weighted by Gasteiger charge is -2.32. The SMILES string of the molecule is CCC1CCCN(C(=O)c2ccc(Cl)c([N+](=O)[O-])c2)C1. The van der Waals surface area contributed by atoms with Gasteiger partial charge in [-0.1, -0.05) is 24.9 Å². The van der Waals surface area contributed by atoms with Crippen molar-refractivity contribution in [3.8, 4) is 0 Å². The summed E-state index contributed by atoms with van der Waals surface area (Å²) in [5.41, 5.74) is 0.111. The Labute approximate surface area is 122 Å². The summed E-state index contributed by atoms with van der Waals surface area (Å²) in [5, 5.41) is 10.9. The maximum Gasteiger partial charge on any atom is 0.288 e. The second-order valence-corrected chi connectivity index (χ2v) is 5.50. The van der Waals surface area contributed by atoms with E-state index in [1.165, 1.54) is 12.1 Å². The first-order valence-corrected chi connectivity index (χ1v) is 7.14. The molecular formula is C14H17ClN2O3. The first-order valence-electron chi connectivity index (χ1n) is 6.76. The van der Waals surface area contributed by atoms with E-state index in [2.05, 4.69) is 6.92 Å². The molecule has 1 heterocycles. The predicted octanol–water partition coefficient (Wildman–Crippen LogP) is 3.51. The number of nitrogens with zero attached hydrogens (tertiary/aromatic N) is 2. The molecule has 1 aromatic rings. The predicted molar refractivity (Wildman–Crippen MR) is 77.0 cm³/mol. The van der Waals surface area contributed by atoms with Crippen LogP contribution in [0.5, 0.6) is 0 Å². The largest absolute Gasteiger partial charge is 0.338 e. The zero-order valence-electron chi connectivity index (χ0n) is 11.3. The van der Waals surface area contributed by atoms with E-state index < -0.39 is 4.92 Å². The number of likely N-dealkylation sites (tertiary alicyclic amines) is 1. The van der Waals surface area contributed by atoms with Gasteiger partial charge in [-0.15, -0.1) is 0 Å². The lowest BCUT2D eigenvalue weighted by atomic mass is 9.95. The fourth-order valence-electron chi connectivity index (χ4n) is 2.55. The van der Waals surface area contributed by atoms with Crippen LogP contribution in [0.1, 0.15) is 36.5 Å². The lowest BCUT2D eigenvalue weighted by Crippen LogP contribution is -2.39. The second-order valence-electron chi connectivity index (χ2n) is 5.09. The standard InChI is InChI=1S/C14H17ClN2O3/c1-2-10-4-3-7-16(9-10)14(18)11-5-6-12(15)13(8-11)17(19)20/h5-6,8,10H,2-4,7,9H2,1H3. The van der Waals surface area contributed by atoms with Crippen molar-refractivity contribution < 1.29 is 9.72 Å². The highest BCUT2D eigenvalue weighted by Gasteiger charge is 2.25. The molecule has 1 fully saturated rings. The molecule has 0 aromatic heterocycles. The zero-order valence-corrected chi connectivity index (χ0v) is 12.1. The van der Waals surface area contributed by atoms with Crippen molar-refractivity contribution >= 4 is 23.2 Å². The molecule has 6 heteroatoms. The number of nitro benzene ring substituents is 1. The maximum atomic E-state index is 12.4. The van der Waals surface area contributed by atoms with Gasteiger partial charge in [0, 0.05) is 24.7 Å². The van der Waals surface area contributed by atoms with E-state index in [9.17, 15) is 14.9 Å². The van der Waals surface area contributed by atoms with Crippen LogP contribution in [0.15, 0.2) is 18.2 Å². The van der Waals surface area contributed by atoms with E-state index >= 15 is 0 Å². The van der Waals surface area contributed by atoms with Crippen LogP contribution in [0, 0.1) is 16.0 Å². The monoisotopic (exact) mass is 296 g/mol. The van der Waals surface area contributed by atoms with Crippen molar-refractivity contribution in [2.24, 2.45) is 5.92 Å². The van der Waals surface area contributed by atoms with E-state index in [4.69, 9.17) is 11.6 Å². The Hall–Kier alpha value is -1.62. The number of benzene rings is 1. The van der Waals surface area contributed by atoms with Crippen LogP contribution in [0.3, 0.4) is 0 Å². The van der Waals surface area contributed by atoms with Crippen molar-refractivity contribution in [1.82, 2.24) is 4.90 Å². The van der Waals surface area contributed by atoms with Gasteiger partial charge in [0.1, 0.15) is 5.02 Å². The van der Waals surface area contributed by atoms with Gasteiger partial charge in [-0.3, -0.25) is 14.9 Å². The minimum absolute atomic E-state index is 0.0524. The normalized spacial score (nSPS) is 18.9. The van der Waals surface area contributed by atoms with Gasteiger partial charge in [-0.25, -0.2) is 0 Å². The van der Waals surface area contributed by atoms with Gasteiger partial charge in [0.2, 0.25) is 0 Å². The van der Waals surface area contributed by atoms with Gasteiger partial charge in [0.15, 0.2) is 0 Å². The molecule has 0 N–H and O–H groups in total. The van der Waals surface area contributed by atoms with Gasteiger partial charge in [-0.05, 0) is 30.9 Å². The summed E-state index contributed by atoms with van der Waals surface area (Å²) in [6, 6.07) is 4.22. The molecule has 1 unspecified atom stereocenters. The fourth-order valence-corrected chi connectivity index (χ4v) is 2.74. The van der Waals surface area contributed by atoms with Crippen molar-refractivity contribution in [2.45, 2.75) is 26.2 Å². The Kier molecular flexibility index (Phi) is 4.60. The van der Waals surface area contributed by atoms with Crippen molar-refractivity contribution in [3.63, 3.8) is 0 Å². The van der Waals surface area contributed by atoms with E-state index in [0.717, 1.165) is 25.8 Å². The first kappa shape index (κ1) is 14.8. The number of hydrogen-bond donors (Lipinski definition) is 0. The van der Waals surface area contributed by atoms with Crippen LogP contribution in [0.25, 0.3) is 0 Å². The number of nitro groups is 1. The number of rotatable bonds is 3. The number of halogens is 1. The van der Waals surface area contributed by atoms with Gasteiger partial charge in [0.25, 0.3) is 11.6 Å². The molecule has 0 aliphatic carbocycles. The molecule has 0 bridgehead atoms. The molecular weight excluding hydrogens is 280 g/mol. The topological polar surface area (TPSA) is 63.5 Å². The zero-order chi connectivity index (χ0) is 14.7. The third-order valence-corrected chi connectivity index (χ3v) is 4.09. The highest BCUT2D eigenvalue weighted by atomic mass is 35.5. The van der Waals surface area contributed by atoms with Crippen LogP contribution in [0.2, 0.25) is 5.02 Å². The van der Waals surface area contributed by atoms with E-state index in [0.29, 0.717) is 18.0 Å². The van der Waals surface area contributed by atoms with Crippen LogP contribution < -0.4 is 0 Å². The van der Waals surface area contributed by atoms with Gasteiger partial charge in [0.05, 0.1) is 4.92 Å². The Morgan fingerprint density at radius 1 is 1.55 bits per heavy atom.